The minimum Gasteiger partial charge on any atom is -0.439 e. The number of amides is 2. The van der Waals surface area contributed by atoms with Crippen LogP contribution in [0.3, 0.4) is 0 Å². The van der Waals surface area contributed by atoms with E-state index in [1.807, 2.05) is 0 Å². The first kappa shape index (κ1) is 9.45. The van der Waals surface area contributed by atoms with Crippen LogP contribution in [0.4, 0.5) is 4.79 Å². The van der Waals surface area contributed by atoms with Gasteiger partial charge < -0.3 is 10.1 Å². The van der Waals surface area contributed by atoms with Gasteiger partial charge in [-0.2, -0.15) is 0 Å². The molecule has 2 heterocycles. The molecule has 2 fully saturated rings. The normalized spacial score (nSPS) is 24.1. The Kier molecular flexibility index (Phi) is 2.67. The molecule has 0 bridgehead atoms. The number of nitrogens with one attached hydrogen (secondary N) is 1. The summed E-state index contributed by atoms with van der Waals surface area (Å²) in [6, 6.07) is 0. The molecule has 5 heteroatoms. The third-order valence-corrected chi connectivity index (χ3v) is 2.74. The van der Waals surface area contributed by atoms with Gasteiger partial charge in [0.25, 0.3) is 5.91 Å². The van der Waals surface area contributed by atoms with Gasteiger partial charge in [-0.25, -0.2) is 9.69 Å². The van der Waals surface area contributed by atoms with Crippen molar-refractivity contribution in [3.8, 4) is 0 Å². The predicted molar refractivity (Wildman–Crippen MR) is 48.7 cm³/mol. The first-order chi connectivity index (χ1) is 6.77. The zero-order chi connectivity index (χ0) is 9.97. The molecule has 2 rings (SSSR count). The van der Waals surface area contributed by atoms with Crippen LogP contribution in [0.5, 0.6) is 0 Å². The largest absolute Gasteiger partial charge is 0.439 e. The zero-order valence-corrected chi connectivity index (χ0v) is 7.99. The second-order valence-corrected chi connectivity index (χ2v) is 3.75. The van der Waals surface area contributed by atoms with E-state index in [2.05, 4.69) is 10.1 Å². The van der Waals surface area contributed by atoms with Crippen molar-refractivity contribution in [3.63, 3.8) is 0 Å². The number of cyclic esters (lactones) is 1. The van der Waals surface area contributed by atoms with E-state index < -0.39 is 6.09 Å². The number of piperidine rings is 1. The van der Waals surface area contributed by atoms with Gasteiger partial charge in [0.05, 0.1) is 0 Å². The first-order valence-corrected chi connectivity index (χ1v) is 4.95. The van der Waals surface area contributed by atoms with Crippen molar-refractivity contribution in [1.29, 1.82) is 0 Å². The molecule has 14 heavy (non-hydrogen) atoms. The van der Waals surface area contributed by atoms with Gasteiger partial charge in [-0.3, -0.25) is 4.79 Å². The highest BCUT2D eigenvalue weighted by Crippen LogP contribution is 2.16. The standard InChI is InChI=1S/C9H14N2O3/c12-8-6-14-9(13)11(8)5-7-1-3-10-4-2-7/h7,10H,1-6H2. The van der Waals surface area contributed by atoms with Crippen LogP contribution in [0.25, 0.3) is 0 Å². The molecule has 0 aromatic rings. The fourth-order valence-electron chi connectivity index (χ4n) is 1.88. The van der Waals surface area contributed by atoms with Crippen molar-refractivity contribution in [1.82, 2.24) is 10.2 Å². The van der Waals surface area contributed by atoms with Crippen molar-refractivity contribution in [2.24, 2.45) is 5.92 Å². The fraction of sp³-hybridized carbons (Fsp3) is 0.778. The number of nitrogens with zero attached hydrogens (tertiary/aromatic N) is 1. The molecule has 2 aliphatic heterocycles. The predicted octanol–water partition coefficient (Wildman–Crippen LogP) is -0.0352. The Bertz CT molecular complexity index is 232. The number of rotatable bonds is 2. The van der Waals surface area contributed by atoms with Crippen LogP contribution in [0.2, 0.25) is 0 Å². The maximum atomic E-state index is 11.2. The van der Waals surface area contributed by atoms with Crippen LogP contribution < -0.4 is 5.32 Å². The van der Waals surface area contributed by atoms with E-state index in [1.165, 1.54) is 4.90 Å². The quantitative estimate of drug-likeness (QED) is 0.676. The molecule has 0 radical (unpaired) electrons. The molecule has 0 aromatic carbocycles. The molecule has 1 N–H and O–H groups in total. The average molecular weight is 198 g/mol. The molecule has 0 aliphatic carbocycles. The molecule has 0 unspecified atom stereocenters. The van der Waals surface area contributed by atoms with Crippen LogP contribution >= 0.6 is 0 Å². The van der Waals surface area contributed by atoms with Gasteiger partial charge in [0, 0.05) is 6.54 Å². The van der Waals surface area contributed by atoms with Gasteiger partial charge in [0.2, 0.25) is 0 Å². The molecular formula is C9H14N2O3. The molecule has 78 valence electrons. The maximum Gasteiger partial charge on any atom is 0.417 e. The number of carbonyl (C=O) groups excluding carboxylic acids is 2. The summed E-state index contributed by atoms with van der Waals surface area (Å²) in [4.78, 5) is 23.6. The van der Waals surface area contributed by atoms with E-state index in [4.69, 9.17) is 0 Å². The second-order valence-electron chi connectivity index (χ2n) is 3.75. The summed E-state index contributed by atoms with van der Waals surface area (Å²) >= 11 is 0. The molecule has 2 aliphatic rings. The van der Waals surface area contributed by atoms with Crippen LogP contribution in [0, 0.1) is 5.92 Å². The number of hydrogen-bond donors (Lipinski definition) is 1. The molecular weight excluding hydrogens is 184 g/mol. The lowest BCUT2D eigenvalue weighted by molar-refractivity contribution is -0.126. The molecule has 5 nitrogen and oxygen atoms in total. The van der Waals surface area contributed by atoms with Crippen LogP contribution in [0.15, 0.2) is 0 Å². The Hall–Kier alpha value is -1.10. The summed E-state index contributed by atoms with van der Waals surface area (Å²) in [6.45, 7) is 2.40. The van der Waals surface area contributed by atoms with E-state index in [9.17, 15) is 9.59 Å². The highest BCUT2D eigenvalue weighted by atomic mass is 16.6. The van der Waals surface area contributed by atoms with Gasteiger partial charge in [-0.1, -0.05) is 0 Å². The summed E-state index contributed by atoms with van der Waals surface area (Å²) in [5.41, 5.74) is 0. The lowest BCUT2D eigenvalue weighted by atomic mass is 9.98. The Morgan fingerprint density at radius 2 is 2.07 bits per heavy atom. The summed E-state index contributed by atoms with van der Waals surface area (Å²) in [5.74, 6) is 0.236. The number of hydrogen-bond acceptors (Lipinski definition) is 4. The van der Waals surface area contributed by atoms with Gasteiger partial charge >= 0.3 is 6.09 Å². The molecule has 0 spiro atoms. The zero-order valence-electron chi connectivity index (χ0n) is 7.99. The van der Waals surface area contributed by atoms with Crippen molar-refractivity contribution in [2.45, 2.75) is 12.8 Å². The smallest absolute Gasteiger partial charge is 0.417 e. The Morgan fingerprint density at radius 1 is 1.36 bits per heavy atom. The van der Waals surface area contributed by atoms with Crippen molar-refractivity contribution in [3.05, 3.63) is 0 Å². The van der Waals surface area contributed by atoms with Gasteiger partial charge in [0.15, 0.2) is 6.61 Å². The van der Waals surface area contributed by atoms with E-state index in [0.29, 0.717) is 12.5 Å². The highest BCUT2D eigenvalue weighted by Gasteiger charge is 2.32. The van der Waals surface area contributed by atoms with E-state index in [0.717, 1.165) is 25.9 Å². The van der Waals surface area contributed by atoms with E-state index in [-0.39, 0.29) is 12.5 Å². The summed E-state index contributed by atoms with van der Waals surface area (Å²) in [5, 5.41) is 3.24. The molecule has 0 atom stereocenters. The van der Waals surface area contributed by atoms with Crippen molar-refractivity contribution < 1.29 is 14.3 Å². The molecule has 2 amide bonds. The third-order valence-electron chi connectivity index (χ3n) is 2.74. The number of carbonyl (C=O) groups is 2. The fourth-order valence-corrected chi connectivity index (χ4v) is 1.88. The molecule has 0 saturated carbocycles. The third kappa shape index (κ3) is 1.87. The summed E-state index contributed by atoms with van der Waals surface area (Å²) in [6.07, 6.45) is 1.57. The van der Waals surface area contributed by atoms with Crippen molar-refractivity contribution in [2.75, 3.05) is 26.2 Å². The Morgan fingerprint density at radius 3 is 2.64 bits per heavy atom. The van der Waals surface area contributed by atoms with E-state index >= 15 is 0 Å². The topological polar surface area (TPSA) is 58.6 Å². The number of ether oxygens (including phenoxy) is 1. The second kappa shape index (κ2) is 3.96. The Labute approximate surface area is 82.4 Å². The molecule has 0 aromatic heterocycles. The maximum absolute atomic E-state index is 11.2. The monoisotopic (exact) mass is 198 g/mol. The number of imide groups is 1. The van der Waals surface area contributed by atoms with Gasteiger partial charge in [-0.05, 0) is 31.8 Å². The first-order valence-electron chi connectivity index (χ1n) is 4.95. The SMILES string of the molecule is O=C1COC(=O)N1CC1CCNCC1. The van der Waals surface area contributed by atoms with Crippen LogP contribution in [0.1, 0.15) is 12.8 Å². The van der Waals surface area contributed by atoms with Crippen LogP contribution in [-0.2, 0) is 9.53 Å². The minimum atomic E-state index is -0.478. The van der Waals surface area contributed by atoms with E-state index in [1.54, 1.807) is 0 Å². The Balaban J connectivity index is 1.89. The van der Waals surface area contributed by atoms with Crippen molar-refractivity contribution >= 4 is 12.0 Å². The highest BCUT2D eigenvalue weighted by molar-refractivity contribution is 5.97. The van der Waals surface area contributed by atoms with Gasteiger partial charge in [0.1, 0.15) is 0 Å². The minimum absolute atomic E-state index is 0.0796. The summed E-state index contributed by atoms with van der Waals surface area (Å²) < 4.78 is 4.64. The lowest BCUT2D eigenvalue weighted by Gasteiger charge is -2.24. The molecule has 2 saturated heterocycles. The van der Waals surface area contributed by atoms with Gasteiger partial charge in [-0.15, -0.1) is 0 Å². The average Bonchev–Trinajstić information content (AvgIpc) is 2.51. The van der Waals surface area contributed by atoms with Crippen LogP contribution in [-0.4, -0.2) is 43.1 Å². The lowest BCUT2D eigenvalue weighted by Crippen LogP contribution is -2.38. The summed E-state index contributed by atoms with van der Waals surface area (Å²) in [7, 11) is 0.